The van der Waals surface area contributed by atoms with Gasteiger partial charge in [0.05, 0.1) is 11.2 Å². The van der Waals surface area contributed by atoms with Gasteiger partial charge in [0.1, 0.15) is 5.82 Å². The number of aromatic amines is 1. The van der Waals surface area contributed by atoms with E-state index >= 15 is 0 Å². The third kappa shape index (κ3) is 3.33. The maximum atomic E-state index is 13.2. The molecule has 4 rings (SSSR count). The van der Waals surface area contributed by atoms with E-state index in [4.69, 9.17) is 5.73 Å². The van der Waals surface area contributed by atoms with E-state index < -0.39 is 5.91 Å². The third-order valence-corrected chi connectivity index (χ3v) is 4.37. The maximum absolute atomic E-state index is 13.2. The van der Waals surface area contributed by atoms with Crippen molar-refractivity contribution >= 4 is 28.4 Å². The number of halogens is 1. The smallest absolute Gasteiger partial charge is 0.255 e. The molecular formula is C21H15FN4O2. The number of nitrogens with zero attached hydrogens (tertiary/aromatic N) is 1. The van der Waals surface area contributed by atoms with E-state index in [1.165, 1.54) is 12.1 Å². The molecular weight excluding hydrogens is 359 g/mol. The first-order valence-electron chi connectivity index (χ1n) is 8.46. The first kappa shape index (κ1) is 17.4. The van der Waals surface area contributed by atoms with Crippen molar-refractivity contribution < 1.29 is 14.0 Å². The summed E-state index contributed by atoms with van der Waals surface area (Å²) in [6.07, 6.45) is 0. The van der Waals surface area contributed by atoms with Crippen molar-refractivity contribution in [3.63, 3.8) is 0 Å². The zero-order valence-corrected chi connectivity index (χ0v) is 14.6. The van der Waals surface area contributed by atoms with E-state index in [9.17, 15) is 14.0 Å². The van der Waals surface area contributed by atoms with Crippen LogP contribution in [-0.4, -0.2) is 22.0 Å². The van der Waals surface area contributed by atoms with Crippen LogP contribution in [0.1, 0.15) is 20.7 Å². The number of anilines is 1. The lowest BCUT2D eigenvalue weighted by Crippen LogP contribution is -2.13. The van der Waals surface area contributed by atoms with Crippen molar-refractivity contribution in [2.24, 2.45) is 5.73 Å². The van der Waals surface area contributed by atoms with Crippen LogP contribution in [0.2, 0.25) is 0 Å². The van der Waals surface area contributed by atoms with Crippen LogP contribution < -0.4 is 11.1 Å². The number of carbonyl (C=O) groups excluding carboxylic acids is 2. The predicted octanol–water partition coefficient (Wildman–Crippen LogP) is 3.72. The second-order valence-electron chi connectivity index (χ2n) is 6.24. The van der Waals surface area contributed by atoms with Gasteiger partial charge in [-0.1, -0.05) is 0 Å². The predicted molar refractivity (Wildman–Crippen MR) is 104 cm³/mol. The number of carbonyl (C=O) groups is 2. The van der Waals surface area contributed by atoms with Crippen LogP contribution in [0.3, 0.4) is 0 Å². The highest BCUT2D eigenvalue weighted by Crippen LogP contribution is 2.27. The fourth-order valence-electron chi connectivity index (χ4n) is 2.90. The highest BCUT2D eigenvalue weighted by atomic mass is 19.1. The highest BCUT2D eigenvalue weighted by molar-refractivity contribution is 6.07. The van der Waals surface area contributed by atoms with Crippen molar-refractivity contribution in [3.8, 4) is 11.3 Å². The van der Waals surface area contributed by atoms with Crippen LogP contribution in [0.15, 0.2) is 66.7 Å². The number of primary amides is 1. The Morgan fingerprint density at radius 2 is 1.61 bits per heavy atom. The second kappa shape index (κ2) is 6.96. The summed E-state index contributed by atoms with van der Waals surface area (Å²) in [4.78, 5) is 23.7. The van der Waals surface area contributed by atoms with Crippen LogP contribution in [0, 0.1) is 5.82 Å². The fourth-order valence-corrected chi connectivity index (χ4v) is 2.90. The number of aromatic nitrogens is 2. The molecule has 0 radical (unpaired) electrons. The first-order chi connectivity index (χ1) is 13.5. The van der Waals surface area contributed by atoms with E-state index in [0.29, 0.717) is 22.5 Å². The van der Waals surface area contributed by atoms with Gasteiger partial charge in [-0.05, 0) is 66.7 Å². The minimum Gasteiger partial charge on any atom is -0.366 e. The summed E-state index contributed by atoms with van der Waals surface area (Å²) < 4.78 is 13.2. The molecule has 7 heteroatoms. The molecule has 4 N–H and O–H groups in total. The molecule has 3 aromatic carbocycles. The zero-order chi connectivity index (χ0) is 19.7. The minimum atomic E-state index is -0.531. The van der Waals surface area contributed by atoms with Crippen LogP contribution >= 0.6 is 0 Å². The van der Waals surface area contributed by atoms with Crippen molar-refractivity contribution in [1.82, 2.24) is 10.2 Å². The molecule has 0 saturated carbocycles. The summed E-state index contributed by atoms with van der Waals surface area (Å²) in [7, 11) is 0. The Hall–Kier alpha value is -4.00. The molecule has 1 heterocycles. The third-order valence-electron chi connectivity index (χ3n) is 4.37. The minimum absolute atomic E-state index is 0.306. The number of fused-ring (bicyclic) bond motifs is 1. The number of nitrogens with two attached hydrogens (primary N) is 1. The number of nitrogens with one attached hydrogen (secondary N) is 2. The molecule has 0 unspecified atom stereocenters. The molecule has 0 saturated heterocycles. The average Bonchev–Trinajstić information content (AvgIpc) is 3.12. The Kier molecular flexibility index (Phi) is 4.33. The molecule has 0 aliphatic carbocycles. The summed E-state index contributed by atoms with van der Waals surface area (Å²) in [5.74, 6) is -1.16. The van der Waals surface area contributed by atoms with Gasteiger partial charge in [0.15, 0.2) is 0 Å². The van der Waals surface area contributed by atoms with Crippen molar-refractivity contribution in [3.05, 3.63) is 83.7 Å². The number of hydrogen-bond acceptors (Lipinski definition) is 3. The van der Waals surface area contributed by atoms with E-state index in [1.54, 1.807) is 54.6 Å². The van der Waals surface area contributed by atoms with Crippen LogP contribution in [0.5, 0.6) is 0 Å². The number of hydrogen-bond donors (Lipinski definition) is 3. The number of rotatable bonds is 4. The van der Waals surface area contributed by atoms with Crippen molar-refractivity contribution in [2.75, 3.05) is 5.32 Å². The number of amides is 2. The topological polar surface area (TPSA) is 101 Å². The average molecular weight is 374 g/mol. The maximum Gasteiger partial charge on any atom is 0.255 e. The van der Waals surface area contributed by atoms with E-state index in [1.807, 2.05) is 0 Å². The molecule has 0 aliphatic heterocycles. The Labute approximate surface area is 159 Å². The first-order valence-corrected chi connectivity index (χ1v) is 8.46. The van der Waals surface area contributed by atoms with E-state index in [2.05, 4.69) is 15.5 Å². The molecule has 4 aromatic rings. The molecule has 138 valence electrons. The lowest BCUT2D eigenvalue weighted by atomic mass is 10.1. The van der Waals surface area contributed by atoms with Gasteiger partial charge < -0.3 is 11.1 Å². The zero-order valence-electron chi connectivity index (χ0n) is 14.6. The monoisotopic (exact) mass is 374 g/mol. The Morgan fingerprint density at radius 3 is 2.29 bits per heavy atom. The van der Waals surface area contributed by atoms with Crippen LogP contribution in [0.4, 0.5) is 10.1 Å². The molecule has 0 atom stereocenters. The number of H-pyrrole nitrogens is 1. The lowest BCUT2D eigenvalue weighted by Gasteiger charge is -2.06. The summed E-state index contributed by atoms with van der Waals surface area (Å²) >= 11 is 0. The highest BCUT2D eigenvalue weighted by Gasteiger charge is 2.13. The van der Waals surface area contributed by atoms with Gasteiger partial charge in [0, 0.05) is 27.8 Å². The van der Waals surface area contributed by atoms with Gasteiger partial charge in [-0.2, -0.15) is 5.10 Å². The summed E-state index contributed by atoms with van der Waals surface area (Å²) in [6.45, 7) is 0. The largest absolute Gasteiger partial charge is 0.366 e. The molecule has 0 fully saturated rings. The molecule has 2 amide bonds. The Balaban J connectivity index is 1.63. The van der Waals surface area contributed by atoms with Crippen molar-refractivity contribution in [2.45, 2.75) is 0 Å². The molecule has 28 heavy (non-hydrogen) atoms. The molecule has 0 aliphatic rings. The lowest BCUT2D eigenvalue weighted by molar-refractivity contribution is 0.0998. The molecule has 0 bridgehead atoms. The van der Waals surface area contributed by atoms with Gasteiger partial charge in [-0.15, -0.1) is 0 Å². The van der Waals surface area contributed by atoms with Gasteiger partial charge in [0.25, 0.3) is 5.91 Å². The molecule has 1 aromatic heterocycles. The summed E-state index contributed by atoms with van der Waals surface area (Å²) in [5.41, 5.74) is 8.70. The van der Waals surface area contributed by atoms with Gasteiger partial charge in [-0.3, -0.25) is 14.7 Å². The Morgan fingerprint density at radius 1 is 0.929 bits per heavy atom. The molecule has 0 spiro atoms. The quantitative estimate of drug-likeness (QED) is 0.507. The standard InChI is InChI=1S/C21H15FN4O2/c22-15-6-1-12(2-7-15)19-17-11-14(5-10-18(17)25-26-19)21(28)24-16-8-3-13(4-9-16)20(23)27/h1-11H,(H2,23,27)(H,24,28)(H,25,26). The van der Waals surface area contributed by atoms with Crippen LogP contribution in [-0.2, 0) is 0 Å². The normalized spacial score (nSPS) is 10.8. The second-order valence-corrected chi connectivity index (χ2v) is 6.24. The van der Waals surface area contributed by atoms with E-state index in [-0.39, 0.29) is 11.7 Å². The summed E-state index contributed by atoms with van der Waals surface area (Å²) in [6, 6.07) is 17.5. The van der Waals surface area contributed by atoms with Gasteiger partial charge in [-0.25, -0.2) is 4.39 Å². The molecule has 6 nitrogen and oxygen atoms in total. The van der Waals surface area contributed by atoms with E-state index in [0.717, 1.165) is 16.5 Å². The van der Waals surface area contributed by atoms with Crippen LogP contribution in [0.25, 0.3) is 22.2 Å². The Bertz CT molecular complexity index is 1180. The van der Waals surface area contributed by atoms with Crippen molar-refractivity contribution in [1.29, 1.82) is 0 Å². The summed E-state index contributed by atoms with van der Waals surface area (Å²) in [5, 5.41) is 10.7. The van der Waals surface area contributed by atoms with Gasteiger partial charge in [0.2, 0.25) is 5.91 Å². The number of benzene rings is 3. The SMILES string of the molecule is NC(=O)c1ccc(NC(=O)c2ccc3[nH]nc(-c4ccc(F)cc4)c3c2)cc1. The van der Waals surface area contributed by atoms with Gasteiger partial charge >= 0.3 is 0 Å². The fraction of sp³-hybridized carbons (Fsp3) is 0.